The van der Waals surface area contributed by atoms with Crippen molar-refractivity contribution in [3.8, 4) is 5.75 Å². The molecule has 23 heavy (non-hydrogen) atoms. The van der Waals surface area contributed by atoms with E-state index < -0.39 is 11.6 Å². The Kier molecular flexibility index (Phi) is 4.12. The van der Waals surface area contributed by atoms with Gasteiger partial charge in [-0.05, 0) is 18.9 Å². The molecule has 1 unspecified atom stereocenters. The minimum absolute atomic E-state index is 0.0576. The van der Waals surface area contributed by atoms with E-state index in [9.17, 15) is 13.2 Å². The van der Waals surface area contributed by atoms with E-state index in [-0.39, 0.29) is 31.4 Å². The number of rotatable bonds is 3. The molecule has 0 saturated heterocycles. The summed E-state index contributed by atoms with van der Waals surface area (Å²) in [5, 5.41) is 3.03. The SMILES string of the molecule is NC(=NCC1(C(F)(F)F)CCC1)NC1CCOc2ccccc21. The molecule has 1 aliphatic carbocycles. The van der Waals surface area contributed by atoms with Crippen molar-refractivity contribution in [3.05, 3.63) is 29.8 Å². The van der Waals surface area contributed by atoms with Gasteiger partial charge in [0.15, 0.2) is 5.96 Å². The van der Waals surface area contributed by atoms with Crippen molar-refractivity contribution in [2.24, 2.45) is 16.1 Å². The zero-order chi connectivity index (χ0) is 16.5. The molecule has 1 aromatic rings. The molecule has 1 fully saturated rings. The van der Waals surface area contributed by atoms with Gasteiger partial charge in [0.05, 0.1) is 24.6 Å². The van der Waals surface area contributed by atoms with Crippen LogP contribution in [-0.2, 0) is 0 Å². The summed E-state index contributed by atoms with van der Waals surface area (Å²) in [6, 6.07) is 7.46. The van der Waals surface area contributed by atoms with E-state index in [0.717, 1.165) is 11.3 Å². The quantitative estimate of drug-likeness (QED) is 0.662. The van der Waals surface area contributed by atoms with Crippen LogP contribution in [0.15, 0.2) is 29.3 Å². The summed E-state index contributed by atoms with van der Waals surface area (Å²) < 4.78 is 44.9. The number of nitrogens with two attached hydrogens (primary N) is 1. The van der Waals surface area contributed by atoms with Gasteiger partial charge in [-0.1, -0.05) is 24.6 Å². The molecule has 4 nitrogen and oxygen atoms in total. The third-order valence-corrected chi connectivity index (χ3v) is 4.74. The zero-order valence-electron chi connectivity index (χ0n) is 12.7. The number of alkyl halides is 3. The van der Waals surface area contributed by atoms with E-state index in [4.69, 9.17) is 10.5 Å². The third kappa shape index (κ3) is 3.09. The van der Waals surface area contributed by atoms with Gasteiger partial charge in [0.2, 0.25) is 0 Å². The normalized spacial score (nSPS) is 23.4. The van der Waals surface area contributed by atoms with Crippen LogP contribution in [-0.4, -0.2) is 25.3 Å². The highest BCUT2D eigenvalue weighted by molar-refractivity contribution is 5.78. The molecule has 1 heterocycles. The highest BCUT2D eigenvalue weighted by Crippen LogP contribution is 2.53. The molecule has 0 radical (unpaired) electrons. The maximum atomic E-state index is 13.1. The number of hydrogen-bond donors (Lipinski definition) is 2. The molecule has 1 saturated carbocycles. The molecule has 3 rings (SSSR count). The fourth-order valence-corrected chi connectivity index (χ4v) is 3.09. The number of hydrogen-bond acceptors (Lipinski definition) is 2. The average molecular weight is 327 g/mol. The van der Waals surface area contributed by atoms with Crippen molar-refractivity contribution < 1.29 is 17.9 Å². The fraction of sp³-hybridized carbons (Fsp3) is 0.562. The van der Waals surface area contributed by atoms with Crippen molar-refractivity contribution in [1.82, 2.24) is 5.32 Å². The molecule has 3 N–H and O–H groups in total. The van der Waals surface area contributed by atoms with Crippen LogP contribution in [0, 0.1) is 5.41 Å². The molecule has 1 atom stereocenters. The number of guanidine groups is 1. The Labute approximate surface area is 132 Å². The van der Waals surface area contributed by atoms with Crippen LogP contribution in [0.25, 0.3) is 0 Å². The molecule has 1 aliphatic heterocycles. The molecule has 2 aliphatic rings. The Morgan fingerprint density at radius 1 is 1.35 bits per heavy atom. The van der Waals surface area contributed by atoms with Crippen LogP contribution < -0.4 is 15.8 Å². The lowest BCUT2D eigenvalue weighted by Gasteiger charge is -2.42. The van der Waals surface area contributed by atoms with E-state index >= 15 is 0 Å². The van der Waals surface area contributed by atoms with Gasteiger partial charge in [0, 0.05) is 12.0 Å². The molecular formula is C16H20F3N3O. The monoisotopic (exact) mass is 327 g/mol. The van der Waals surface area contributed by atoms with Crippen LogP contribution in [0.4, 0.5) is 13.2 Å². The number of para-hydroxylation sites is 1. The second-order valence-electron chi connectivity index (χ2n) is 6.20. The molecule has 0 amide bonds. The number of nitrogens with one attached hydrogen (secondary N) is 1. The molecule has 0 bridgehead atoms. The number of ether oxygens (including phenoxy) is 1. The topological polar surface area (TPSA) is 59.6 Å². The Bertz CT molecular complexity index is 596. The number of fused-ring (bicyclic) bond motifs is 1. The third-order valence-electron chi connectivity index (χ3n) is 4.74. The molecule has 7 heteroatoms. The average Bonchev–Trinajstić information content (AvgIpc) is 2.45. The predicted octanol–water partition coefficient (Wildman–Crippen LogP) is 3.15. The van der Waals surface area contributed by atoms with Gasteiger partial charge in [0.1, 0.15) is 5.75 Å². The van der Waals surface area contributed by atoms with Crippen molar-refractivity contribution in [2.45, 2.75) is 37.9 Å². The van der Waals surface area contributed by atoms with Crippen molar-refractivity contribution in [3.63, 3.8) is 0 Å². The highest BCUT2D eigenvalue weighted by atomic mass is 19.4. The summed E-state index contributed by atoms with van der Waals surface area (Å²) in [7, 11) is 0. The summed E-state index contributed by atoms with van der Waals surface area (Å²) in [4.78, 5) is 3.97. The van der Waals surface area contributed by atoms with Crippen molar-refractivity contribution in [2.75, 3.05) is 13.2 Å². The number of nitrogens with zero attached hydrogens (tertiary/aromatic N) is 1. The number of benzene rings is 1. The van der Waals surface area contributed by atoms with Gasteiger partial charge in [0.25, 0.3) is 0 Å². The summed E-state index contributed by atoms with van der Waals surface area (Å²) in [5.74, 6) is 0.831. The minimum Gasteiger partial charge on any atom is -0.493 e. The largest absolute Gasteiger partial charge is 0.493 e. The summed E-state index contributed by atoms with van der Waals surface area (Å²) in [6.45, 7) is 0.231. The lowest BCUT2D eigenvalue weighted by molar-refractivity contribution is -0.245. The Morgan fingerprint density at radius 3 is 2.74 bits per heavy atom. The number of aliphatic imine (C=N–C) groups is 1. The second-order valence-corrected chi connectivity index (χ2v) is 6.20. The fourth-order valence-electron chi connectivity index (χ4n) is 3.09. The van der Waals surface area contributed by atoms with Gasteiger partial charge in [-0.2, -0.15) is 13.2 Å². The molecule has 1 aromatic carbocycles. The first kappa shape index (κ1) is 16.0. The van der Waals surface area contributed by atoms with Crippen LogP contribution in [0.1, 0.15) is 37.3 Å². The van der Waals surface area contributed by atoms with E-state index in [1.165, 1.54) is 0 Å². The predicted molar refractivity (Wildman–Crippen MR) is 81.3 cm³/mol. The van der Waals surface area contributed by atoms with E-state index in [1.807, 2.05) is 24.3 Å². The Balaban J connectivity index is 1.67. The van der Waals surface area contributed by atoms with Gasteiger partial charge >= 0.3 is 6.18 Å². The lowest BCUT2D eigenvalue weighted by atomic mass is 9.68. The minimum atomic E-state index is -4.22. The van der Waals surface area contributed by atoms with Crippen LogP contribution >= 0.6 is 0 Å². The van der Waals surface area contributed by atoms with Gasteiger partial charge in [-0.25, -0.2) is 0 Å². The van der Waals surface area contributed by atoms with Crippen LogP contribution in [0.5, 0.6) is 5.75 Å². The smallest absolute Gasteiger partial charge is 0.396 e. The first-order valence-corrected chi connectivity index (χ1v) is 7.76. The molecule has 0 spiro atoms. The Morgan fingerprint density at radius 2 is 2.09 bits per heavy atom. The first-order chi connectivity index (χ1) is 10.9. The maximum absolute atomic E-state index is 13.1. The molecule has 126 valence electrons. The maximum Gasteiger partial charge on any atom is 0.396 e. The van der Waals surface area contributed by atoms with Crippen LogP contribution in [0.2, 0.25) is 0 Å². The van der Waals surface area contributed by atoms with Gasteiger partial charge < -0.3 is 15.8 Å². The van der Waals surface area contributed by atoms with Crippen molar-refractivity contribution in [1.29, 1.82) is 0 Å². The second kappa shape index (κ2) is 5.94. The van der Waals surface area contributed by atoms with E-state index in [2.05, 4.69) is 10.3 Å². The molecular weight excluding hydrogens is 307 g/mol. The van der Waals surface area contributed by atoms with Crippen molar-refractivity contribution >= 4 is 5.96 Å². The zero-order valence-corrected chi connectivity index (χ0v) is 12.7. The summed E-state index contributed by atoms with van der Waals surface area (Å²) in [6.07, 6.45) is -2.67. The standard InChI is InChI=1S/C16H20F3N3O/c17-16(18,19)15(7-3-8-15)10-21-14(20)22-12-6-9-23-13-5-2-1-4-11(12)13/h1-2,4-5,12H,3,6-10H2,(H3,20,21,22). The van der Waals surface area contributed by atoms with Gasteiger partial charge in [-0.15, -0.1) is 0 Å². The van der Waals surface area contributed by atoms with Crippen LogP contribution in [0.3, 0.4) is 0 Å². The van der Waals surface area contributed by atoms with E-state index in [0.29, 0.717) is 19.4 Å². The molecule has 0 aromatic heterocycles. The number of halogens is 3. The summed E-state index contributed by atoms with van der Waals surface area (Å²) >= 11 is 0. The summed E-state index contributed by atoms with van der Waals surface area (Å²) in [5.41, 5.74) is 5.08. The van der Waals surface area contributed by atoms with E-state index in [1.54, 1.807) is 0 Å². The highest BCUT2D eigenvalue weighted by Gasteiger charge is 2.58. The Hall–Kier alpha value is -1.92. The lowest BCUT2D eigenvalue weighted by Crippen LogP contribution is -2.47. The first-order valence-electron chi connectivity index (χ1n) is 7.76. The van der Waals surface area contributed by atoms with Gasteiger partial charge in [-0.3, -0.25) is 4.99 Å².